The van der Waals surface area contributed by atoms with Crippen molar-refractivity contribution in [3.05, 3.63) is 99.6 Å². The summed E-state index contributed by atoms with van der Waals surface area (Å²) in [6, 6.07) is 13.0. The maximum Gasteiger partial charge on any atom is 0.270 e. The van der Waals surface area contributed by atoms with Gasteiger partial charge in [-0.3, -0.25) is 19.7 Å². The van der Waals surface area contributed by atoms with Gasteiger partial charge in [-0.05, 0) is 54.6 Å². The number of nitrogens with zero attached hydrogens (tertiary/aromatic N) is 1. The molecule has 0 aromatic heterocycles. The fourth-order valence-electron chi connectivity index (χ4n) is 2.49. The number of anilines is 2. The van der Waals surface area contributed by atoms with Crippen LogP contribution in [-0.4, -0.2) is 16.7 Å². The van der Waals surface area contributed by atoms with Crippen molar-refractivity contribution in [3.8, 4) is 0 Å². The first-order chi connectivity index (χ1) is 13.8. The molecule has 0 aliphatic carbocycles. The van der Waals surface area contributed by atoms with E-state index < -0.39 is 28.4 Å². The van der Waals surface area contributed by atoms with Gasteiger partial charge in [-0.25, -0.2) is 8.78 Å². The van der Waals surface area contributed by atoms with E-state index in [1.165, 1.54) is 24.3 Å². The summed E-state index contributed by atoms with van der Waals surface area (Å²) < 4.78 is 26.0. The SMILES string of the molecule is O=C(Nc1ccc(F)cc1)c1ccc([N+](=O)[O-])cc1C(=O)Nc1ccc(F)cc1. The van der Waals surface area contributed by atoms with Crippen molar-refractivity contribution in [3.63, 3.8) is 0 Å². The first kappa shape index (κ1) is 19.6. The van der Waals surface area contributed by atoms with Gasteiger partial charge < -0.3 is 10.6 Å². The molecule has 0 bridgehead atoms. The van der Waals surface area contributed by atoms with Crippen LogP contribution in [0.25, 0.3) is 0 Å². The summed E-state index contributed by atoms with van der Waals surface area (Å²) in [7, 11) is 0. The number of rotatable bonds is 5. The number of amides is 2. The molecule has 2 amide bonds. The van der Waals surface area contributed by atoms with Gasteiger partial charge in [0.05, 0.1) is 16.1 Å². The molecule has 0 heterocycles. The number of hydrogen-bond acceptors (Lipinski definition) is 4. The van der Waals surface area contributed by atoms with Crippen molar-refractivity contribution in [2.75, 3.05) is 10.6 Å². The second-order valence-electron chi connectivity index (χ2n) is 5.91. The van der Waals surface area contributed by atoms with Crippen LogP contribution in [0.15, 0.2) is 66.7 Å². The van der Waals surface area contributed by atoms with E-state index in [-0.39, 0.29) is 28.2 Å². The van der Waals surface area contributed by atoms with Crippen LogP contribution in [0.1, 0.15) is 20.7 Å². The zero-order valence-corrected chi connectivity index (χ0v) is 14.7. The average Bonchev–Trinajstić information content (AvgIpc) is 2.70. The van der Waals surface area contributed by atoms with Crippen LogP contribution in [0.3, 0.4) is 0 Å². The monoisotopic (exact) mass is 397 g/mol. The first-order valence-corrected chi connectivity index (χ1v) is 8.26. The topological polar surface area (TPSA) is 101 Å². The number of nitrogens with one attached hydrogen (secondary N) is 2. The quantitative estimate of drug-likeness (QED) is 0.493. The predicted octanol–water partition coefficient (Wildman–Crippen LogP) is 4.38. The van der Waals surface area contributed by atoms with Gasteiger partial charge in [-0.15, -0.1) is 0 Å². The summed E-state index contributed by atoms with van der Waals surface area (Å²) in [6.07, 6.45) is 0. The van der Waals surface area contributed by atoms with Gasteiger partial charge >= 0.3 is 0 Å². The number of non-ortho nitro benzene ring substituents is 1. The maximum atomic E-state index is 13.0. The molecule has 0 spiro atoms. The highest BCUT2D eigenvalue weighted by Crippen LogP contribution is 2.21. The van der Waals surface area contributed by atoms with Crippen molar-refractivity contribution in [1.82, 2.24) is 0 Å². The van der Waals surface area contributed by atoms with E-state index in [1.54, 1.807) is 0 Å². The molecular weight excluding hydrogens is 384 g/mol. The van der Waals surface area contributed by atoms with Gasteiger partial charge in [-0.2, -0.15) is 0 Å². The van der Waals surface area contributed by atoms with Crippen LogP contribution in [0.4, 0.5) is 25.8 Å². The fraction of sp³-hybridized carbons (Fsp3) is 0. The van der Waals surface area contributed by atoms with Crippen molar-refractivity contribution < 1.29 is 23.3 Å². The molecule has 2 N–H and O–H groups in total. The molecule has 0 aliphatic heterocycles. The van der Waals surface area contributed by atoms with Gasteiger partial charge in [0.2, 0.25) is 0 Å². The number of carbonyl (C=O) groups is 2. The van der Waals surface area contributed by atoms with Gasteiger partial charge in [-0.1, -0.05) is 0 Å². The fourth-order valence-corrected chi connectivity index (χ4v) is 2.49. The molecule has 3 rings (SSSR count). The summed E-state index contributed by atoms with van der Waals surface area (Å²) in [5.41, 5.74) is -0.234. The van der Waals surface area contributed by atoms with E-state index in [0.717, 1.165) is 42.5 Å². The smallest absolute Gasteiger partial charge is 0.270 e. The molecule has 0 saturated carbocycles. The molecule has 29 heavy (non-hydrogen) atoms. The third-order valence-corrected chi connectivity index (χ3v) is 3.91. The zero-order chi connectivity index (χ0) is 21.0. The highest BCUT2D eigenvalue weighted by atomic mass is 19.1. The van der Waals surface area contributed by atoms with E-state index >= 15 is 0 Å². The Balaban J connectivity index is 1.92. The van der Waals surface area contributed by atoms with E-state index in [4.69, 9.17) is 0 Å². The molecule has 0 radical (unpaired) electrons. The van der Waals surface area contributed by atoms with E-state index in [1.807, 2.05) is 0 Å². The van der Waals surface area contributed by atoms with Gasteiger partial charge in [0, 0.05) is 23.5 Å². The number of nitro benzene ring substituents is 1. The van der Waals surface area contributed by atoms with Crippen LogP contribution in [0, 0.1) is 21.7 Å². The second kappa shape index (κ2) is 8.26. The second-order valence-corrected chi connectivity index (χ2v) is 5.91. The minimum atomic E-state index is -0.787. The zero-order valence-electron chi connectivity index (χ0n) is 14.7. The Labute approximate surface area is 163 Å². The summed E-state index contributed by atoms with van der Waals surface area (Å²) in [5.74, 6) is -2.49. The lowest BCUT2D eigenvalue weighted by molar-refractivity contribution is -0.384. The summed E-state index contributed by atoms with van der Waals surface area (Å²) >= 11 is 0. The molecule has 9 heteroatoms. The van der Waals surface area contributed by atoms with Crippen LogP contribution in [0.2, 0.25) is 0 Å². The number of hydrogen-bond donors (Lipinski definition) is 2. The standard InChI is InChI=1S/C20H13F2N3O4/c21-12-1-5-14(6-2-12)23-19(26)17-10-9-16(25(28)29)11-18(17)20(27)24-15-7-3-13(22)4-8-15/h1-11H,(H,23,26)(H,24,27). The van der Waals surface area contributed by atoms with Crippen LogP contribution < -0.4 is 10.6 Å². The highest BCUT2D eigenvalue weighted by molar-refractivity contribution is 6.15. The lowest BCUT2D eigenvalue weighted by Crippen LogP contribution is -2.20. The van der Waals surface area contributed by atoms with Crippen molar-refractivity contribution in [2.45, 2.75) is 0 Å². The molecule has 146 valence electrons. The Kier molecular flexibility index (Phi) is 5.59. The molecule has 0 saturated heterocycles. The lowest BCUT2D eigenvalue weighted by Gasteiger charge is -2.11. The van der Waals surface area contributed by atoms with Crippen molar-refractivity contribution in [1.29, 1.82) is 0 Å². The normalized spacial score (nSPS) is 10.3. The van der Waals surface area contributed by atoms with E-state index in [0.29, 0.717) is 0 Å². The van der Waals surface area contributed by atoms with Gasteiger partial charge in [0.15, 0.2) is 0 Å². The third kappa shape index (κ3) is 4.78. The molecule has 0 atom stereocenters. The summed E-state index contributed by atoms with van der Waals surface area (Å²) in [5, 5.41) is 16.0. The number of halogens is 2. The van der Waals surface area contributed by atoms with E-state index in [9.17, 15) is 28.5 Å². The van der Waals surface area contributed by atoms with Crippen LogP contribution in [0.5, 0.6) is 0 Å². The molecule has 3 aromatic rings. The van der Waals surface area contributed by atoms with Crippen LogP contribution in [-0.2, 0) is 0 Å². The van der Waals surface area contributed by atoms with Gasteiger partial charge in [0.1, 0.15) is 11.6 Å². The minimum absolute atomic E-state index is 0.125. The summed E-state index contributed by atoms with van der Waals surface area (Å²) in [4.78, 5) is 35.6. The molecule has 0 unspecified atom stereocenters. The molecule has 7 nitrogen and oxygen atoms in total. The molecule has 0 fully saturated rings. The number of benzene rings is 3. The Morgan fingerprint density at radius 1 is 0.724 bits per heavy atom. The predicted molar refractivity (Wildman–Crippen MR) is 102 cm³/mol. The van der Waals surface area contributed by atoms with Crippen molar-refractivity contribution >= 4 is 28.9 Å². The lowest BCUT2D eigenvalue weighted by atomic mass is 10.0. The molecular formula is C20H13F2N3O4. The highest BCUT2D eigenvalue weighted by Gasteiger charge is 2.21. The minimum Gasteiger partial charge on any atom is -0.322 e. The Hall–Kier alpha value is -4.14. The average molecular weight is 397 g/mol. The third-order valence-electron chi connectivity index (χ3n) is 3.91. The van der Waals surface area contributed by atoms with E-state index in [2.05, 4.69) is 10.6 Å². The number of carbonyl (C=O) groups excluding carboxylic acids is 2. The van der Waals surface area contributed by atoms with Crippen molar-refractivity contribution in [2.24, 2.45) is 0 Å². The summed E-state index contributed by atoms with van der Waals surface area (Å²) in [6.45, 7) is 0. The Bertz CT molecular complexity index is 1080. The van der Waals surface area contributed by atoms with Gasteiger partial charge in [0.25, 0.3) is 17.5 Å². The molecule has 0 aliphatic rings. The maximum absolute atomic E-state index is 13.0. The largest absolute Gasteiger partial charge is 0.322 e. The Morgan fingerprint density at radius 3 is 1.62 bits per heavy atom. The van der Waals surface area contributed by atoms with Crippen LogP contribution >= 0.6 is 0 Å². The molecule has 3 aromatic carbocycles. The number of nitro groups is 1. The first-order valence-electron chi connectivity index (χ1n) is 8.26. The Morgan fingerprint density at radius 2 is 1.17 bits per heavy atom.